The normalized spacial score (nSPS) is 10.6. The van der Waals surface area contributed by atoms with Gasteiger partial charge in [0.25, 0.3) is 0 Å². The van der Waals surface area contributed by atoms with Crippen molar-refractivity contribution in [1.82, 2.24) is 0 Å². The summed E-state index contributed by atoms with van der Waals surface area (Å²) >= 11 is 5.99. The summed E-state index contributed by atoms with van der Waals surface area (Å²) in [5, 5.41) is 5.94. The maximum Gasteiger partial charge on any atom is 0.224 e. The second kappa shape index (κ2) is 6.20. The van der Waals surface area contributed by atoms with E-state index in [0.29, 0.717) is 11.4 Å². The van der Waals surface area contributed by atoms with Gasteiger partial charge in [-0.15, -0.1) is 0 Å². The van der Waals surface area contributed by atoms with Gasteiger partial charge in [-0.2, -0.15) is 0 Å². The first-order valence-electron chi connectivity index (χ1n) is 7.26. The van der Waals surface area contributed by atoms with E-state index in [-0.39, 0.29) is 5.91 Å². The molecule has 3 aromatic carbocycles. The zero-order valence-corrected chi connectivity index (χ0v) is 13.0. The van der Waals surface area contributed by atoms with Gasteiger partial charge in [0.15, 0.2) is 0 Å². The molecule has 0 fully saturated rings. The topological polar surface area (TPSA) is 29.1 Å². The lowest BCUT2D eigenvalue weighted by molar-refractivity contribution is -0.115. The summed E-state index contributed by atoms with van der Waals surface area (Å²) in [6, 6.07) is 19.8. The molecule has 0 saturated carbocycles. The van der Waals surface area contributed by atoms with Gasteiger partial charge in [-0.05, 0) is 34.5 Å². The second-order valence-electron chi connectivity index (χ2n) is 5.12. The highest BCUT2D eigenvalue weighted by Crippen LogP contribution is 2.36. The monoisotopic (exact) mass is 309 g/mol. The Balaban J connectivity index is 2.24. The lowest BCUT2D eigenvalue weighted by atomic mass is 9.96. The third-order valence-electron chi connectivity index (χ3n) is 3.66. The Kier molecular flexibility index (Phi) is 4.12. The highest BCUT2D eigenvalue weighted by Gasteiger charge is 2.11. The first kappa shape index (κ1) is 14.6. The molecule has 0 aliphatic heterocycles. The van der Waals surface area contributed by atoms with Gasteiger partial charge in [-0.1, -0.05) is 61.0 Å². The van der Waals surface area contributed by atoms with Gasteiger partial charge in [-0.25, -0.2) is 0 Å². The number of fused-ring (bicyclic) bond motifs is 1. The number of carbonyl (C=O) groups excluding carboxylic acids is 1. The number of rotatable bonds is 3. The third kappa shape index (κ3) is 2.83. The van der Waals surface area contributed by atoms with E-state index in [0.717, 1.165) is 27.6 Å². The standard InChI is InChI=1S/C19H16ClNO/c1-2-18(22)21-17-12-9-13-5-3-4-6-16(13)19(17)14-7-10-15(20)11-8-14/h3-12H,2H2,1H3,(H,21,22). The summed E-state index contributed by atoms with van der Waals surface area (Å²) in [4.78, 5) is 11.8. The van der Waals surface area contributed by atoms with E-state index in [2.05, 4.69) is 17.4 Å². The molecule has 0 aliphatic rings. The lowest BCUT2D eigenvalue weighted by Gasteiger charge is -2.14. The first-order valence-corrected chi connectivity index (χ1v) is 7.64. The van der Waals surface area contributed by atoms with Crippen LogP contribution in [0.4, 0.5) is 5.69 Å². The van der Waals surface area contributed by atoms with Crippen molar-refractivity contribution < 1.29 is 4.79 Å². The fraction of sp³-hybridized carbons (Fsp3) is 0.105. The van der Waals surface area contributed by atoms with Crippen LogP contribution in [0.25, 0.3) is 21.9 Å². The number of anilines is 1. The van der Waals surface area contributed by atoms with E-state index in [9.17, 15) is 4.79 Å². The van der Waals surface area contributed by atoms with E-state index in [4.69, 9.17) is 11.6 Å². The molecule has 0 aliphatic carbocycles. The van der Waals surface area contributed by atoms with Crippen LogP contribution < -0.4 is 5.32 Å². The molecule has 0 radical (unpaired) electrons. The summed E-state index contributed by atoms with van der Waals surface area (Å²) in [5.74, 6) is 0.00509. The van der Waals surface area contributed by atoms with Crippen LogP contribution in [0.1, 0.15) is 13.3 Å². The van der Waals surface area contributed by atoms with Crippen LogP contribution in [0.15, 0.2) is 60.7 Å². The highest BCUT2D eigenvalue weighted by atomic mass is 35.5. The van der Waals surface area contributed by atoms with Gasteiger partial charge in [0.1, 0.15) is 0 Å². The van der Waals surface area contributed by atoms with Crippen LogP contribution in [-0.2, 0) is 4.79 Å². The molecule has 0 bridgehead atoms. The molecule has 0 saturated heterocycles. The molecule has 0 unspecified atom stereocenters. The van der Waals surface area contributed by atoms with Crippen molar-refractivity contribution in [2.45, 2.75) is 13.3 Å². The molecule has 0 aromatic heterocycles. The molecule has 0 spiro atoms. The minimum absolute atomic E-state index is 0.00509. The van der Waals surface area contributed by atoms with Crippen molar-refractivity contribution in [3.63, 3.8) is 0 Å². The molecule has 110 valence electrons. The minimum atomic E-state index is 0.00509. The van der Waals surface area contributed by atoms with Crippen LogP contribution in [-0.4, -0.2) is 5.91 Å². The molecule has 1 amide bonds. The smallest absolute Gasteiger partial charge is 0.224 e. The molecule has 3 rings (SSSR count). The maximum atomic E-state index is 11.8. The van der Waals surface area contributed by atoms with Crippen molar-refractivity contribution in [3.8, 4) is 11.1 Å². The highest BCUT2D eigenvalue weighted by molar-refractivity contribution is 6.30. The molecule has 3 aromatic rings. The quantitative estimate of drug-likeness (QED) is 0.679. The van der Waals surface area contributed by atoms with Crippen LogP contribution in [0.2, 0.25) is 5.02 Å². The van der Waals surface area contributed by atoms with Gasteiger partial charge in [0.2, 0.25) is 5.91 Å². The van der Waals surface area contributed by atoms with Crippen molar-refractivity contribution in [1.29, 1.82) is 0 Å². The van der Waals surface area contributed by atoms with Crippen molar-refractivity contribution in [3.05, 3.63) is 65.7 Å². The SMILES string of the molecule is CCC(=O)Nc1ccc2ccccc2c1-c1ccc(Cl)cc1. The van der Waals surface area contributed by atoms with E-state index < -0.39 is 0 Å². The average Bonchev–Trinajstić information content (AvgIpc) is 2.55. The Morgan fingerprint density at radius 2 is 1.73 bits per heavy atom. The van der Waals surface area contributed by atoms with Crippen LogP contribution in [0.3, 0.4) is 0 Å². The number of benzene rings is 3. The molecule has 22 heavy (non-hydrogen) atoms. The summed E-state index contributed by atoms with van der Waals surface area (Å²) in [7, 11) is 0. The van der Waals surface area contributed by atoms with Crippen molar-refractivity contribution in [2.24, 2.45) is 0 Å². The van der Waals surface area contributed by atoms with Crippen molar-refractivity contribution >= 4 is 34.0 Å². The Labute approximate surface area is 134 Å². The first-order chi connectivity index (χ1) is 10.7. The molecular weight excluding hydrogens is 294 g/mol. The molecule has 0 atom stereocenters. The van der Waals surface area contributed by atoms with Gasteiger partial charge in [0, 0.05) is 22.7 Å². The fourth-order valence-corrected chi connectivity index (χ4v) is 2.67. The summed E-state index contributed by atoms with van der Waals surface area (Å²) in [5.41, 5.74) is 2.89. The largest absolute Gasteiger partial charge is 0.326 e. The molecule has 1 N–H and O–H groups in total. The second-order valence-corrected chi connectivity index (χ2v) is 5.55. The average molecular weight is 310 g/mol. The summed E-state index contributed by atoms with van der Waals surface area (Å²) in [6.45, 7) is 1.85. The molecular formula is C19H16ClNO. The summed E-state index contributed by atoms with van der Waals surface area (Å²) < 4.78 is 0. The van der Waals surface area contributed by atoms with Crippen LogP contribution in [0.5, 0.6) is 0 Å². The van der Waals surface area contributed by atoms with Gasteiger partial charge in [0.05, 0.1) is 0 Å². The Hall–Kier alpha value is -2.32. The maximum absolute atomic E-state index is 11.8. The summed E-state index contributed by atoms with van der Waals surface area (Å²) in [6.07, 6.45) is 0.451. The Morgan fingerprint density at radius 3 is 2.45 bits per heavy atom. The van der Waals surface area contributed by atoms with Crippen molar-refractivity contribution in [2.75, 3.05) is 5.32 Å². The zero-order chi connectivity index (χ0) is 15.5. The number of carbonyl (C=O) groups is 1. The number of hydrogen-bond donors (Lipinski definition) is 1. The molecule has 3 heteroatoms. The predicted molar refractivity (Wildman–Crippen MR) is 93.3 cm³/mol. The number of halogens is 1. The van der Waals surface area contributed by atoms with E-state index in [1.54, 1.807) is 0 Å². The van der Waals surface area contributed by atoms with Gasteiger partial charge >= 0.3 is 0 Å². The Bertz CT molecular complexity index is 824. The van der Waals surface area contributed by atoms with E-state index in [1.807, 2.05) is 55.5 Å². The predicted octanol–water partition coefficient (Wildman–Crippen LogP) is 5.51. The van der Waals surface area contributed by atoms with Gasteiger partial charge in [-0.3, -0.25) is 4.79 Å². The Morgan fingerprint density at radius 1 is 1.00 bits per heavy atom. The number of nitrogens with one attached hydrogen (secondary N) is 1. The zero-order valence-electron chi connectivity index (χ0n) is 12.3. The van der Waals surface area contributed by atoms with Crippen LogP contribution in [0, 0.1) is 0 Å². The number of amides is 1. The van der Waals surface area contributed by atoms with E-state index in [1.165, 1.54) is 0 Å². The third-order valence-corrected chi connectivity index (χ3v) is 3.91. The molecule has 2 nitrogen and oxygen atoms in total. The van der Waals surface area contributed by atoms with Crippen LogP contribution >= 0.6 is 11.6 Å². The fourth-order valence-electron chi connectivity index (χ4n) is 2.54. The minimum Gasteiger partial charge on any atom is -0.326 e. The van der Waals surface area contributed by atoms with E-state index >= 15 is 0 Å². The van der Waals surface area contributed by atoms with Gasteiger partial charge < -0.3 is 5.32 Å². The lowest BCUT2D eigenvalue weighted by Crippen LogP contribution is -2.10. The number of hydrogen-bond acceptors (Lipinski definition) is 1. The molecule has 0 heterocycles.